The topological polar surface area (TPSA) is 64.6 Å². The third-order valence-corrected chi connectivity index (χ3v) is 3.34. The van der Waals surface area contributed by atoms with Crippen molar-refractivity contribution in [3.8, 4) is 11.5 Å². The minimum absolute atomic E-state index is 0.312. The summed E-state index contributed by atoms with van der Waals surface area (Å²) < 4.78 is 10.6. The van der Waals surface area contributed by atoms with Gasteiger partial charge in [-0.15, -0.1) is 0 Å². The fourth-order valence-electron chi connectivity index (χ4n) is 1.91. The molecule has 0 aliphatic rings. The first-order valence-corrected chi connectivity index (χ1v) is 7.27. The van der Waals surface area contributed by atoms with Gasteiger partial charge in [-0.1, -0.05) is 17.7 Å². The van der Waals surface area contributed by atoms with E-state index in [1.807, 2.05) is 0 Å². The lowest BCUT2D eigenvalue weighted by Gasteiger charge is -2.16. The number of ether oxygens (including phenoxy) is 2. The highest BCUT2D eigenvalue weighted by Crippen LogP contribution is 2.24. The van der Waals surface area contributed by atoms with Gasteiger partial charge in [0, 0.05) is 10.7 Å². The Bertz CT molecular complexity index is 717. The van der Waals surface area contributed by atoms with Crippen LogP contribution in [-0.4, -0.2) is 25.4 Å². The lowest BCUT2D eigenvalue weighted by molar-refractivity contribution is -0.122. The fraction of sp³-hybridized carbons (Fsp3) is 0.176. The van der Waals surface area contributed by atoms with Crippen LogP contribution >= 0.6 is 11.6 Å². The zero-order valence-corrected chi connectivity index (χ0v) is 13.5. The van der Waals surface area contributed by atoms with Crippen molar-refractivity contribution in [2.24, 2.45) is 0 Å². The number of hydrogen-bond donors (Lipinski definition) is 1. The first-order valence-electron chi connectivity index (χ1n) is 6.90. The molecule has 0 aromatic heterocycles. The number of amides is 1. The summed E-state index contributed by atoms with van der Waals surface area (Å²) in [6.45, 7) is 1.60. The average Bonchev–Trinajstić information content (AvgIpc) is 2.55. The maximum Gasteiger partial charge on any atom is 0.265 e. The summed E-state index contributed by atoms with van der Waals surface area (Å²) in [4.78, 5) is 23.3. The second-order valence-corrected chi connectivity index (χ2v) is 5.22. The van der Waals surface area contributed by atoms with E-state index in [0.717, 1.165) is 0 Å². The van der Waals surface area contributed by atoms with Crippen LogP contribution in [0.2, 0.25) is 5.02 Å². The number of anilines is 1. The first-order chi connectivity index (χ1) is 11.0. The van der Waals surface area contributed by atoms with Gasteiger partial charge in [0.15, 0.2) is 12.4 Å². The molecule has 120 valence electrons. The summed E-state index contributed by atoms with van der Waals surface area (Å²) in [5.74, 6) is 0.505. The van der Waals surface area contributed by atoms with Gasteiger partial charge in [-0.25, -0.2) is 0 Å². The number of methoxy groups -OCH3 is 1. The van der Waals surface area contributed by atoms with E-state index in [9.17, 15) is 9.59 Å². The van der Waals surface area contributed by atoms with Crippen molar-refractivity contribution < 1.29 is 19.1 Å². The van der Waals surface area contributed by atoms with Crippen LogP contribution in [0.15, 0.2) is 42.5 Å². The van der Waals surface area contributed by atoms with Gasteiger partial charge in [0.1, 0.15) is 11.5 Å². The second-order valence-electron chi connectivity index (χ2n) is 4.78. The van der Waals surface area contributed by atoms with Gasteiger partial charge in [0.2, 0.25) is 0 Å². The van der Waals surface area contributed by atoms with Crippen molar-refractivity contribution in [3.63, 3.8) is 0 Å². The van der Waals surface area contributed by atoms with Crippen LogP contribution in [0.5, 0.6) is 11.5 Å². The summed E-state index contributed by atoms with van der Waals surface area (Å²) in [7, 11) is 1.51. The van der Waals surface area contributed by atoms with E-state index in [4.69, 9.17) is 21.1 Å². The molecule has 0 radical (unpaired) electrons. The normalized spacial score (nSPS) is 11.4. The molecule has 2 aromatic carbocycles. The number of carbonyl (C=O) groups excluding carboxylic acids is 2. The minimum atomic E-state index is -0.791. The predicted octanol–water partition coefficient (Wildman–Crippen LogP) is 3.57. The van der Waals surface area contributed by atoms with Crippen LogP contribution in [0.25, 0.3) is 0 Å². The minimum Gasteiger partial charge on any atom is -0.497 e. The quantitative estimate of drug-likeness (QED) is 0.821. The number of nitrogens with one attached hydrogen (secondary N) is 1. The molecule has 2 aromatic rings. The first kappa shape index (κ1) is 16.8. The van der Waals surface area contributed by atoms with Crippen molar-refractivity contribution in [1.82, 2.24) is 0 Å². The molecule has 6 heteroatoms. The van der Waals surface area contributed by atoms with Gasteiger partial charge < -0.3 is 14.8 Å². The van der Waals surface area contributed by atoms with E-state index in [0.29, 0.717) is 34.1 Å². The largest absolute Gasteiger partial charge is 0.497 e. The van der Waals surface area contributed by atoms with Crippen LogP contribution < -0.4 is 14.8 Å². The Balaban J connectivity index is 2.07. The van der Waals surface area contributed by atoms with Crippen LogP contribution in [0.3, 0.4) is 0 Å². The average molecular weight is 334 g/mol. The van der Waals surface area contributed by atoms with E-state index in [2.05, 4.69) is 5.32 Å². The van der Waals surface area contributed by atoms with Crippen molar-refractivity contribution in [1.29, 1.82) is 0 Å². The van der Waals surface area contributed by atoms with Crippen molar-refractivity contribution in [2.75, 3.05) is 12.4 Å². The van der Waals surface area contributed by atoms with Gasteiger partial charge in [-0.3, -0.25) is 9.59 Å². The van der Waals surface area contributed by atoms with Crippen molar-refractivity contribution in [2.45, 2.75) is 13.0 Å². The monoisotopic (exact) mass is 333 g/mol. The summed E-state index contributed by atoms with van der Waals surface area (Å²) >= 11 is 5.87. The zero-order valence-electron chi connectivity index (χ0n) is 12.7. The van der Waals surface area contributed by atoms with E-state index >= 15 is 0 Å². The zero-order chi connectivity index (χ0) is 16.8. The van der Waals surface area contributed by atoms with Gasteiger partial charge in [0.25, 0.3) is 5.91 Å². The number of halogens is 1. The SMILES string of the molecule is COc1ccc(O[C@@H](C)C(=O)Nc2cccc(Cl)c2)c(C=O)c1. The predicted molar refractivity (Wildman–Crippen MR) is 88.6 cm³/mol. The molecule has 0 aliphatic heterocycles. The molecule has 0 spiro atoms. The Labute approximate surface area is 139 Å². The molecule has 1 N–H and O–H groups in total. The highest BCUT2D eigenvalue weighted by molar-refractivity contribution is 6.30. The molecule has 2 rings (SSSR count). The van der Waals surface area contributed by atoms with Crippen LogP contribution in [-0.2, 0) is 4.79 Å². The highest BCUT2D eigenvalue weighted by atomic mass is 35.5. The van der Waals surface area contributed by atoms with Gasteiger partial charge >= 0.3 is 0 Å². The van der Waals surface area contributed by atoms with Crippen molar-refractivity contribution >= 4 is 29.5 Å². The number of carbonyl (C=O) groups is 2. The summed E-state index contributed by atoms with van der Waals surface area (Å²) in [5, 5.41) is 3.22. The Morgan fingerprint density at radius 3 is 2.70 bits per heavy atom. The standard InChI is InChI=1S/C17H16ClNO4/c1-11(17(21)19-14-5-3-4-13(18)9-14)23-16-7-6-15(22-2)8-12(16)10-20/h3-11H,1-2H3,(H,19,21)/t11-/m0/s1. The summed E-state index contributed by atoms with van der Waals surface area (Å²) in [6.07, 6.45) is -0.138. The molecule has 0 unspecified atom stereocenters. The van der Waals surface area contributed by atoms with Gasteiger partial charge in [-0.05, 0) is 43.3 Å². The molecule has 0 heterocycles. The Morgan fingerprint density at radius 2 is 2.04 bits per heavy atom. The van der Waals surface area contributed by atoms with Crippen LogP contribution in [0.4, 0.5) is 5.69 Å². The Kier molecular flexibility index (Phi) is 5.60. The number of benzene rings is 2. The molecular formula is C17H16ClNO4. The molecule has 5 nitrogen and oxygen atoms in total. The van der Waals surface area contributed by atoms with Gasteiger partial charge in [0.05, 0.1) is 12.7 Å². The van der Waals surface area contributed by atoms with E-state index in [-0.39, 0.29) is 5.91 Å². The maximum absolute atomic E-state index is 12.2. The lowest BCUT2D eigenvalue weighted by Crippen LogP contribution is -2.30. The highest BCUT2D eigenvalue weighted by Gasteiger charge is 2.17. The molecule has 23 heavy (non-hydrogen) atoms. The van der Waals surface area contributed by atoms with E-state index < -0.39 is 6.10 Å². The second kappa shape index (κ2) is 7.65. The molecule has 1 amide bonds. The number of hydrogen-bond acceptors (Lipinski definition) is 4. The smallest absolute Gasteiger partial charge is 0.265 e. The van der Waals surface area contributed by atoms with E-state index in [1.165, 1.54) is 7.11 Å². The number of rotatable bonds is 6. The summed E-state index contributed by atoms with van der Waals surface area (Å²) in [6, 6.07) is 11.6. The van der Waals surface area contributed by atoms with Crippen LogP contribution in [0.1, 0.15) is 17.3 Å². The fourth-order valence-corrected chi connectivity index (χ4v) is 2.10. The Hall–Kier alpha value is -2.53. The molecule has 0 aliphatic carbocycles. The molecular weight excluding hydrogens is 318 g/mol. The van der Waals surface area contributed by atoms with Gasteiger partial charge in [-0.2, -0.15) is 0 Å². The third kappa shape index (κ3) is 4.47. The molecule has 0 bridgehead atoms. The van der Waals surface area contributed by atoms with Crippen LogP contribution in [0, 0.1) is 0 Å². The molecule has 1 atom stereocenters. The molecule has 0 saturated heterocycles. The van der Waals surface area contributed by atoms with E-state index in [1.54, 1.807) is 49.4 Å². The number of aldehydes is 1. The van der Waals surface area contributed by atoms with Crippen molar-refractivity contribution in [3.05, 3.63) is 53.1 Å². The molecule has 0 fully saturated rings. The summed E-state index contributed by atoms with van der Waals surface area (Å²) in [5.41, 5.74) is 0.884. The third-order valence-electron chi connectivity index (χ3n) is 3.11. The Morgan fingerprint density at radius 1 is 1.26 bits per heavy atom. The molecule has 0 saturated carbocycles. The maximum atomic E-state index is 12.2. The lowest BCUT2D eigenvalue weighted by atomic mass is 10.2.